The van der Waals surface area contributed by atoms with Crippen molar-refractivity contribution in [3.8, 4) is 0 Å². The summed E-state index contributed by atoms with van der Waals surface area (Å²) in [6.07, 6.45) is 0.220. The Labute approximate surface area is 155 Å². The molecule has 2 amide bonds. The molecule has 1 aliphatic rings. The van der Waals surface area contributed by atoms with Crippen LogP contribution in [0.15, 0.2) is 18.2 Å². The Morgan fingerprint density at radius 1 is 1.04 bits per heavy atom. The first-order chi connectivity index (χ1) is 11.8. The van der Waals surface area contributed by atoms with Crippen LogP contribution in [-0.4, -0.2) is 33.5 Å². The van der Waals surface area contributed by atoms with E-state index in [1.165, 1.54) is 18.9 Å². The second-order valence-electron chi connectivity index (χ2n) is 8.30. The van der Waals surface area contributed by atoms with E-state index in [0.29, 0.717) is 28.0 Å². The van der Waals surface area contributed by atoms with E-state index >= 15 is 0 Å². The fourth-order valence-corrected chi connectivity index (χ4v) is 3.91. The van der Waals surface area contributed by atoms with Crippen LogP contribution in [0.25, 0.3) is 0 Å². The average molecular weight is 365 g/mol. The predicted octanol–water partition coefficient (Wildman–Crippen LogP) is 4.74. The Morgan fingerprint density at radius 2 is 1.54 bits per heavy atom. The molecule has 0 spiro atoms. The third-order valence-electron chi connectivity index (χ3n) is 4.12. The van der Waals surface area contributed by atoms with Gasteiger partial charge in [0.1, 0.15) is 0 Å². The molecule has 1 fully saturated rings. The highest BCUT2D eigenvalue weighted by molar-refractivity contribution is 5.88. The van der Waals surface area contributed by atoms with Crippen LogP contribution in [0.1, 0.15) is 53.0 Å². The summed E-state index contributed by atoms with van der Waals surface area (Å²) in [6.45, 7) is 13.3. The fraction of sp³-hybridized carbons (Fsp3) is 0.579. The monoisotopic (exact) mass is 365 g/mol. The number of rotatable bonds is 2. The van der Waals surface area contributed by atoms with E-state index in [0.717, 1.165) is 5.92 Å². The van der Waals surface area contributed by atoms with Gasteiger partial charge in [-0.15, -0.1) is 0 Å². The fourth-order valence-electron chi connectivity index (χ4n) is 3.91. The molecule has 1 aliphatic heterocycles. The molecule has 26 heavy (non-hydrogen) atoms. The molecule has 0 aliphatic carbocycles. The number of anilines is 2. The van der Waals surface area contributed by atoms with Gasteiger partial charge in [0.25, 0.3) is 0 Å². The van der Waals surface area contributed by atoms with Gasteiger partial charge in [-0.25, -0.2) is 9.59 Å². The molecule has 5 N–H and O–H groups in total. The van der Waals surface area contributed by atoms with Crippen molar-refractivity contribution in [3.05, 3.63) is 23.8 Å². The van der Waals surface area contributed by atoms with Gasteiger partial charge in [-0.2, -0.15) is 0 Å². The predicted molar refractivity (Wildman–Crippen MR) is 104 cm³/mol. The largest absolute Gasteiger partial charge is 0.465 e. The number of amides is 2. The topological polar surface area (TPSA) is 111 Å². The summed E-state index contributed by atoms with van der Waals surface area (Å²) in [7, 11) is 0. The van der Waals surface area contributed by atoms with Gasteiger partial charge in [-0.05, 0) is 71.1 Å². The van der Waals surface area contributed by atoms with Gasteiger partial charge in [-0.1, -0.05) is 13.0 Å². The van der Waals surface area contributed by atoms with Crippen LogP contribution in [0.5, 0.6) is 0 Å². The summed E-state index contributed by atoms with van der Waals surface area (Å²) in [5, 5.41) is 24.9. The molecule has 146 valence electrons. The maximum absolute atomic E-state index is 10.4. The summed E-state index contributed by atoms with van der Waals surface area (Å²) in [5.74, 6) is 0.862. The summed E-state index contributed by atoms with van der Waals surface area (Å²) in [4.78, 5) is 20.7. The van der Waals surface area contributed by atoms with Crippen LogP contribution in [0.4, 0.5) is 21.0 Å². The Bertz CT molecular complexity index is 640. The number of nitrogens with one attached hydrogen (secondary N) is 3. The molecule has 1 heterocycles. The smallest absolute Gasteiger partial charge is 0.409 e. The number of hydrogen-bond acceptors (Lipinski definition) is 3. The lowest BCUT2D eigenvalue weighted by molar-refractivity contribution is 0.138. The Balaban J connectivity index is 0.000000273. The van der Waals surface area contributed by atoms with E-state index in [-0.39, 0.29) is 0 Å². The van der Waals surface area contributed by atoms with Gasteiger partial charge in [0.05, 0.1) is 0 Å². The molecule has 1 aromatic rings. The summed E-state index contributed by atoms with van der Waals surface area (Å²) in [6, 6.07) is 4.59. The average Bonchev–Trinajstić information content (AvgIpc) is 2.37. The van der Waals surface area contributed by atoms with Gasteiger partial charge >= 0.3 is 12.2 Å². The summed E-state index contributed by atoms with van der Waals surface area (Å²) < 4.78 is 0. The zero-order valence-electron chi connectivity index (χ0n) is 16.4. The lowest BCUT2D eigenvalue weighted by Gasteiger charge is -2.45. The minimum absolute atomic E-state index is 0.317. The molecule has 7 nitrogen and oxygen atoms in total. The van der Waals surface area contributed by atoms with Crippen molar-refractivity contribution < 1.29 is 19.8 Å². The van der Waals surface area contributed by atoms with Gasteiger partial charge in [-0.3, -0.25) is 10.6 Å². The van der Waals surface area contributed by atoms with Crippen molar-refractivity contribution in [1.82, 2.24) is 5.32 Å². The Morgan fingerprint density at radius 3 is 1.96 bits per heavy atom. The van der Waals surface area contributed by atoms with Crippen LogP contribution < -0.4 is 16.0 Å². The van der Waals surface area contributed by atoms with Crippen molar-refractivity contribution in [2.45, 2.75) is 65.5 Å². The SMILES string of the molecule is CC1CC(C)(C)NC(C)(C)C1.Cc1ccc(NC(=O)O)cc1NC(=O)O. The number of aryl methyl sites for hydroxylation is 1. The first kappa shape index (κ1) is 21.8. The number of carboxylic acid groups (broad SMARTS) is 2. The summed E-state index contributed by atoms with van der Waals surface area (Å²) in [5.41, 5.74) is 2.06. The zero-order chi connectivity index (χ0) is 20.1. The highest BCUT2D eigenvalue weighted by Gasteiger charge is 2.35. The van der Waals surface area contributed by atoms with E-state index in [1.807, 2.05) is 0 Å². The third-order valence-corrected chi connectivity index (χ3v) is 4.12. The molecule has 7 heteroatoms. The van der Waals surface area contributed by atoms with Crippen LogP contribution in [0, 0.1) is 12.8 Å². The van der Waals surface area contributed by atoms with Gasteiger partial charge in [0, 0.05) is 22.5 Å². The van der Waals surface area contributed by atoms with Gasteiger partial charge < -0.3 is 15.5 Å². The second-order valence-corrected chi connectivity index (χ2v) is 8.30. The van der Waals surface area contributed by atoms with Gasteiger partial charge in [0.15, 0.2) is 0 Å². The third kappa shape index (κ3) is 7.74. The second kappa shape index (κ2) is 8.40. The van der Waals surface area contributed by atoms with Crippen molar-refractivity contribution in [3.63, 3.8) is 0 Å². The van der Waals surface area contributed by atoms with Crippen LogP contribution >= 0.6 is 0 Å². The zero-order valence-corrected chi connectivity index (χ0v) is 16.4. The maximum Gasteiger partial charge on any atom is 0.409 e. The lowest BCUT2D eigenvalue weighted by Crippen LogP contribution is -2.57. The van der Waals surface area contributed by atoms with Crippen molar-refractivity contribution in [2.75, 3.05) is 10.6 Å². The molecule has 0 unspecified atom stereocenters. The molecule has 0 saturated carbocycles. The molecular weight excluding hydrogens is 334 g/mol. The normalized spacial score (nSPS) is 18.2. The molecule has 0 aromatic heterocycles. The lowest BCUT2D eigenvalue weighted by atomic mass is 9.77. The molecule has 1 saturated heterocycles. The summed E-state index contributed by atoms with van der Waals surface area (Å²) >= 11 is 0. The van der Waals surface area contributed by atoms with Crippen LogP contribution in [-0.2, 0) is 0 Å². The highest BCUT2D eigenvalue weighted by atomic mass is 16.4. The van der Waals surface area contributed by atoms with Gasteiger partial charge in [0.2, 0.25) is 0 Å². The van der Waals surface area contributed by atoms with E-state index < -0.39 is 12.2 Å². The Kier molecular flexibility index (Phi) is 7.03. The van der Waals surface area contributed by atoms with E-state index in [1.54, 1.807) is 19.1 Å². The number of carbonyl (C=O) groups is 2. The minimum atomic E-state index is -1.19. The molecular formula is C19H31N3O4. The molecule has 0 atom stereocenters. The number of piperidine rings is 1. The number of hydrogen-bond donors (Lipinski definition) is 5. The Hall–Kier alpha value is -2.28. The minimum Gasteiger partial charge on any atom is -0.465 e. The van der Waals surface area contributed by atoms with Crippen molar-refractivity contribution >= 4 is 23.6 Å². The quantitative estimate of drug-likeness (QED) is 0.520. The van der Waals surface area contributed by atoms with Crippen LogP contribution in [0.3, 0.4) is 0 Å². The van der Waals surface area contributed by atoms with Crippen LogP contribution in [0.2, 0.25) is 0 Å². The van der Waals surface area contributed by atoms with E-state index in [9.17, 15) is 9.59 Å². The van der Waals surface area contributed by atoms with Crippen molar-refractivity contribution in [1.29, 1.82) is 0 Å². The first-order valence-electron chi connectivity index (χ1n) is 8.69. The van der Waals surface area contributed by atoms with E-state index in [2.05, 4.69) is 50.6 Å². The maximum atomic E-state index is 10.4. The molecule has 0 bridgehead atoms. The standard InChI is InChI=1S/C10H21N.C9H10N2O4/c1-8-6-9(2,3)11-10(4,5)7-8;1-5-2-3-6(10-8(12)13)4-7(5)11-9(14)15/h8,11H,6-7H2,1-5H3;2-4,10-11H,1H3,(H,12,13)(H,14,15). The molecule has 1 aromatic carbocycles. The highest BCUT2D eigenvalue weighted by Crippen LogP contribution is 2.32. The van der Waals surface area contributed by atoms with E-state index in [4.69, 9.17) is 10.2 Å². The molecule has 0 radical (unpaired) electrons. The molecule has 2 rings (SSSR count). The number of benzene rings is 1. The van der Waals surface area contributed by atoms with Crippen molar-refractivity contribution in [2.24, 2.45) is 5.92 Å². The first-order valence-corrected chi connectivity index (χ1v) is 8.69.